The fraction of sp³-hybridized carbons (Fsp3) is 0.455. The number of benzene rings is 1. The number of rotatable bonds is 7. The van der Waals surface area contributed by atoms with Crippen LogP contribution in [0.3, 0.4) is 0 Å². The monoisotopic (exact) mass is 322 g/mol. The summed E-state index contributed by atoms with van der Waals surface area (Å²) in [5.74, 6) is -0.200. The number of hydrogen-bond donors (Lipinski definition) is 3. The summed E-state index contributed by atoms with van der Waals surface area (Å²) in [6, 6.07) is 4.87. The van der Waals surface area contributed by atoms with Crippen molar-refractivity contribution in [2.45, 2.75) is 16.7 Å². The van der Waals surface area contributed by atoms with Crippen LogP contribution in [0.25, 0.3) is 0 Å². The molecule has 0 spiro atoms. The summed E-state index contributed by atoms with van der Waals surface area (Å²) in [7, 11) is -6.02. The first-order chi connectivity index (χ1) is 9.23. The lowest BCUT2D eigenvalue weighted by Gasteiger charge is -2.10. The molecule has 0 heterocycles. The maximum absolute atomic E-state index is 11.9. The largest absolute Gasteiger partial charge is 0.396 e. The van der Waals surface area contributed by atoms with Gasteiger partial charge in [-0.25, -0.2) is 26.3 Å². The third-order valence-electron chi connectivity index (χ3n) is 2.65. The maximum Gasteiger partial charge on any atom is 0.240 e. The molecule has 3 N–H and O–H groups in total. The van der Waals surface area contributed by atoms with Crippen molar-refractivity contribution in [2.24, 2.45) is 5.92 Å². The number of nitrogens with one attached hydrogen (secondary N) is 2. The summed E-state index contributed by atoms with van der Waals surface area (Å²) in [4.78, 5) is -0.0413. The second kappa shape index (κ2) is 6.64. The summed E-state index contributed by atoms with van der Waals surface area (Å²) >= 11 is 0. The third-order valence-corrected chi connectivity index (χ3v) is 5.52. The van der Waals surface area contributed by atoms with E-state index in [9.17, 15) is 16.8 Å². The highest BCUT2D eigenvalue weighted by atomic mass is 32.2. The number of aliphatic hydroxyl groups excluding tert-OH is 1. The van der Waals surface area contributed by atoms with Gasteiger partial charge in [0.1, 0.15) is 0 Å². The highest BCUT2D eigenvalue weighted by molar-refractivity contribution is 7.90. The van der Waals surface area contributed by atoms with Crippen molar-refractivity contribution in [3.8, 4) is 0 Å². The average molecular weight is 322 g/mol. The number of sulfonamides is 2. The van der Waals surface area contributed by atoms with Crippen LogP contribution in [-0.4, -0.2) is 42.1 Å². The van der Waals surface area contributed by atoms with E-state index >= 15 is 0 Å². The summed E-state index contributed by atoms with van der Waals surface area (Å²) in [6.45, 7) is 1.68. The molecular formula is C11H18N2O5S2. The first-order valence-electron chi connectivity index (χ1n) is 5.87. The number of hydrogen-bond acceptors (Lipinski definition) is 5. The molecule has 0 aliphatic carbocycles. The Morgan fingerprint density at radius 3 is 1.90 bits per heavy atom. The zero-order chi connectivity index (χ0) is 15.4. The van der Waals surface area contributed by atoms with Gasteiger partial charge in [0, 0.05) is 13.2 Å². The molecule has 1 unspecified atom stereocenters. The number of aliphatic hydroxyl groups is 1. The molecule has 0 saturated carbocycles. The standard InChI is InChI=1S/C11H18N2O5S2/c1-9(8-14)7-13-20(17,18)11-5-3-10(4-6-11)19(15,16)12-2/h3-6,9,12-14H,7-8H2,1-2H3. The molecule has 9 heteroatoms. The van der Waals surface area contributed by atoms with Crippen LogP contribution in [0.4, 0.5) is 0 Å². The molecule has 1 rings (SSSR count). The molecule has 0 bridgehead atoms. The van der Waals surface area contributed by atoms with Gasteiger partial charge in [-0.1, -0.05) is 6.92 Å². The third kappa shape index (κ3) is 4.25. The van der Waals surface area contributed by atoms with Gasteiger partial charge in [-0.05, 0) is 37.2 Å². The lowest BCUT2D eigenvalue weighted by Crippen LogP contribution is -2.29. The van der Waals surface area contributed by atoms with Gasteiger partial charge in [-0.15, -0.1) is 0 Å². The predicted octanol–water partition coefficient (Wildman–Crippen LogP) is -0.499. The van der Waals surface area contributed by atoms with Crippen molar-refractivity contribution in [3.63, 3.8) is 0 Å². The summed E-state index contributed by atoms with van der Waals surface area (Å²) < 4.78 is 51.4. The smallest absolute Gasteiger partial charge is 0.240 e. The molecule has 0 amide bonds. The SMILES string of the molecule is CNS(=O)(=O)c1ccc(S(=O)(=O)NCC(C)CO)cc1. The topological polar surface area (TPSA) is 113 Å². The lowest BCUT2D eigenvalue weighted by molar-refractivity contribution is 0.238. The minimum atomic E-state index is -3.71. The second-order valence-corrected chi connectivity index (χ2v) is 7.97. The van der Waals surface area contributed by atoms with Crippen LogP contribution in [0, 0.1) is 5.92 Å². The van der Waals surface area contributed by atoms with Gasteiger partial charge in [0.15, 0.2) is 0 Å². The van der Waals surface area contributed by atoms with Crippen LogP contribution >= 0.6 is 0 Å². The molecule has 20 heavy (non-hydrogen) atoms. The second-order valence-electron chi connectivity index (χ2n) is 4.32. The molecule has 7 nitrogen and oxygen atoms in total. The fourth-order valence-electron chi connectivity index (χ4n) is 1.32. The van der Waals surface area contributed by atoms with Gasteiger partial charge in [0.25, 0.3) is 0 Å². The molecule has 0 saturated heterocycles. The van der Waals surface area contributed by atoms with Crippen LogP contribution in [0.15, 0.2) is 34.1 Å². The molecule has 1 atom stereocenters. The Bertz CT molecular complexity index is 638. The molecule has 1 aromatic rings. The van der Waals surface area contributed by atoms with E-state index in [0.29, 0.717) is 0 Å². The van der Waals surface area contributed by atoms with Gasteiger partial charge in [-0.3, -0.25) is 0 Å². The molecule has 0 aromatic heterocycles. The van der Waals surface area contributed by atoms with E-state index in [4.69, 9.17) is 5.11 Å². The van der Waals surface area contributed by atoms with Crippen molar-refractivity contribution in [1.82, 2.24) is 9.44 Å². The van der Waals surface area contributed by atoms with Gasteiger partial charge in [-0.2, -0.15) is 0 Å². The molecule has 0 aliphatic rings. The quantitative estimate of drug-likeness (QED) is 0.626. The summed E-state index contributed by atoms with van der Waals surface area (Å²) in [5.41, 5.74) is 0. The Morgan fingerprint density at radius 1 is 1.05 bits per heavy atom. The van der Waals surface area contributed by atoms with E-state index in [-0.39, 0.29) is 28.9 Å². The van der Waals surface area contributed by atoms with Crippen molar-refractivity contribution < 1.29 is 21.9 Å². The molecule has 1 aromatic carbocycles. The zero-order valence-corrected chi connectivity index (χ0v) is 12.8. The van der Waals surface area contributed by atoms with E-state index in [0.717, 1.165) is 0 Å². The summed E-state index contributed by atoms with van der Waals surface area (Å²) in [6.07, 6.45) is 0. The van der Waals surface area contributed by atoms with Crippen molar-refractivity contribution >= 4 is 20.0 Å². The molecule has 0 aliphatic heterocycles. The summed E-state index contributed by atoms with van der Waals surface area (Å²) in [5, 5.41) is 8.85. The molecule has 0 fully saturated rings. The minimum Gasteiger partial charge on any atom is -0.396 e. The Balaban J connectivity index is 2.93. The van der Waals surface area contributed by atoms with E-state index in [1.165, 1.54) is 31.3 Å². The van der Waals surface area contributed by atoms with Crippen LogP contribution < -0.4 is 9.44 Å². The van der Waals surface area contributed by atoms with Crippen LogP contribution in [-0.2, 0) is 20.0 Å². The van der Waals surface area contributed by atoms with Crippen LogP contribution in [0.1, 0.15) is 6.92 Å². The van der Waals surface area contributed by atoms with Gasteiger partial charge in [0.2, 0.25) is 20.0 Å². The molecular weight excluding hydrogens is 304 g/mol. The predicted molar refractivity (Wildman–Crippen MR) is 74.1 cm³/mol. The Labute approximate surface area is 119 Å². The first-order valence-corrected chi connectivity index (χ1v) is 8.83. The lowest BCUT2D eigenvalue weighted by atomic mass is 10.2. The molecule has 114 valence electrons. The Kier molecular flexibility index (Phi) is 5.66. The normalized spacial score (nSPS) is 14.2. The average Bonchev–Trinajstić information content (AvgIpc) is 2.45. The molecule has 0 radical (unpaired) electrons. The first kappa shape index (κ1) is 17.1. The van der Waals surface area contributed by atoms with Crippen molar-refractivity contribution in [3.05, 3.63) is 24.3 Å². The highest BCUT2D eigenvalue weighted by Crippen LogP contribution is 2.14. The fourth-order valence-corrected chi connectivity index (χ4v) is 3.21. The van der Waals surface area contributed by atoms with E-state index < -0.39 is 20.0 Å². The van der Waals surface area contributed by atoms with E-state index in [1.54, 1.807) is 6.92 Å². The van der Waals surface area contributed by atoms with Crippen LogP contribution in [0.2, 0.25) is 0 Å². The van der Waals surface area contributed by atoms with Gasteiger partial charge >= 0.3 is 0 Å². The van der Waals surface area contributed by atoms with Crippen molar-refractivity contribution in [2.75, 3.05) is 20.2 Å². The van der Waals surface area contributed by atoms with E-state index in [2.05, 4.69) is 9.44 Å². The zero-order valence-electron chi connectivity index (χ0n) is 11.2. The van der Waals surface area contributed by atoms with Crippen LogP contribution in [0.5, 0.6) is 0 Å². The van der Waals surface area contributed by atoms with Gasteiger partial charge in [0.05, 0.1) is 9.79 Å². The maximum atomic E-state index is 11.9. The van der Waals surface area contributed by atoms with E-state index in [1.807, 2.05) is 0 Å². The Hall–Kier alpha value is -1.00. The minimum absolute atomic E-state index is 0.0114. The van der Waals surface area contributed by atoms with Gasteiger partial charge < -0.3 is 5.11 Å². The van der Waals surface area contributed by atoms with Crippen molar-refractivity contribution in [1.29, 1.82) is 0 Å². The highest BCUT2D eigenvalue weighted by Gasteiger charge is 2.17. The Morgan fingerprint density at radius 2 is 1.50 bits per heavy atom.